The van der Waals surface area contributed by atoms with E-state index in [1.807, 2.05) is 19.1 Å². The van der Waals surface area contributed by atoms with Crippen LogP contribution in [-0.4, -0.2) is 5.78 Å². The van der Waals surface area contributed by atoms with Crippen molar-refractivity contribution < 1.29 is 9.21 Å². The van der Waals surface area contributed by atoms with Crippen LogP contribution < -0.4 is 0 Å². The van der Waals surface area contributed by atoms with E-state index in [2.05, 4.69) is 18.4 Å². The zero-order chi connectivity index (χ0) is 10.4. The molecule has 0 saturated heterocycles. The van der Waals surface area contributed by atoms with Crippen molar-refractivity contribution >= 4 is 5.78 Å². The van der Waals surface area contributed by atoms with Gasteiger partial charge in [-0.15, -0.1) is 0 Å². The Morgan fingerprint density at radius 1 is 1.64 bits per heavy atom. The summed E-state index contributed by atoms with van der Waals surface area (Å²) in [5, 5.41) is 0. The summed E-state index contributed by atoms with van der Waals surface area (Å²) in [5.74, 6) is 6.79. The molecule has 0 radical (unpaired) electrons. The lowest BCUT2D eigenvalue weighted by Crippen LogP contribution is -1.84. The summed E-state index contributed by atoms with van der Waals surface area (Å²) in [6.45, 7) is 5.23. The predicted molar refractivity (Wildman–Crippen MR) is 54.7 cm³/mol. The van der Waals surface area contributed by atoms with E-state index in [0.29, 0.717) is 6.42 Å². The first kappa shape index (κ1) is 10.3. The molecule has 0 fully saturated rings. The number of hydrogen-bond donors (Lipinski definition) is 0. The van der Waals surface area contributed by atoms with Crippen LogP contribution in [0.5, 0.6) is 0 Å². The van der Waals surface area contributed by atoms with Gasteiger partial charge in [0.2, 0.25) is 5.78 Å². The minimum absolute atomic E-state index is 0.236. The monoisotopic (exact) mass is 188 g/mol. The fourth-order valence-electron chi connectivity index (χ4n) is 1.01. The second-order valence-electron chi connectivity index (χ2n) is 2.88. The Balaban J connectivity index is 2.37. The number of carbonyl (C=O) groups excluding carboxylic acids is 1. The number of carbonyl (C=O) groups is 1. The molecule has 0 spiro atoms. The molecule has 1 aromatic heterocycles. The van der Waals surface area contributed by atoms with Gasteiger partial charge in [0, 0.05) is 12.8 Å². The molecule has 2 nitrogen and oxygen atoms in total. The molecule has 0 aliphatic carbocycles. The van der Waals surface area contributed by atoms with Crippen LogP contribution in [0.25, 0.3) is 0 Å². The molecular weight excluding hydrogens is 176 g/mol. The largest absolute Gasteiger partial charge is 0.466 e. The maximum atomic E-state index is 10.7. The van der Waals surface area contributed by atoms with Gasteiger partial charge in [-0.2, -0.15) is 0 Å². The number of rotatable bonds is 3. The summed E-state index contributed by atoms with van der Waals surface area (Å²) in [4.78, 5) is 10.7. The van der Waals surface area contributed by atoms with Gasteiger partial charge in [-0.05, 0) is 31.1 Å². The first-order valence-electron chi connectivity index (χ1n) is 4.43. The molecular formula is C12H12O2. The SMILES string of the molecule is C=CC(=O)C#CCCc1ccc(C)o1. The van der Waals surface area contributed by atoms with Crippen molar-refractivity contribution in [1.29, 1.82) is 0 Å². The van der Waals surface area contributed by atoms with Crippen LogP contribution in [0.3, 0.4) is 0 Å². The first-order chi connectivity index (χ1) is 6.72. The molecule has 14 heavy (non-hydrogen) atoms. The molecule has 1 aromatic rings. The molecule has 1 heterocycles. The molecule has 0 aliphatic heterocycles. The highest BCUT2D eigenvalue weighted by Gasteiger charge is 1.95. The lowest BCUT2D eigenvalue weighted by molar-refractivity contribution is -0.109. The minimum atomic E-state index is -0.236. The molecule has 0 amide bonds. The molecule has 0 aliphatic rings. The first-order valence-corrected chi connectivity index (χ1v) is 4.43. The van der Waals surface area contributed by atoms with Gasteiger partial charge in [-0.25, -0.2) is 0 Å². The van der Waals surface area contributed by atoms with Crippen LogP contribution in [-0.2, 0) is 11.2 Å². The summed E-state index contributed by atoms with van der Waals surface area (Å²) in [6, 6.07) is 3.84. The lowest BCUT2D eigenvalue weighted by atomic mass is 10.2. The van der Waals surface area contributed by atoms with Gasteiger partial charge in [0.15, 0.2) is 0 Å². The number of aryl methyl sites for hydroxylation is 2. The number of allylic oxidation sites excluding steroid dienone is 1. The van der Waals surface area contributed by atoms with Crippen molar-refractivity contribution in [1.82, 2.24) is 0 Å². The van der Waals surface area contributed by atoms with Crippen LogP contribution >= 0.6 is 0 Å². The van der Waals surface area contributed by atoms with E-state index in [1.165, 1.54) is 6.08 Å². The Labute approximate surface area is 83.6 Å². The van der Waals surface area contributed by atoms with Crippen molar-refractivity contribution in [3.05, 3.63) is 36.3 Å². The zero-order valence-corrected chi connectivity index (χ0v) is 8.17. The summed E-state index contributed by atoms with van der Waals surface area (Å²) >= 11 is 0. The third-order valence-corrected chi connectivity index (χ3v) is 1.69. The molecule has 0 N–H and O–H groups in total. The Morgan fingerprint density at radius 3 is 3.00 bits per heavy atom. The predicted octanol–water partition coefficient (Wildman–Crippen LogP) is 2.28. The smallest absolute Gasteiger partial charge is 0.228 e. The molecule has 0 saturated carbocycles. The zero-order valence-electron chi connectivity index (χ0n) is 8.17. The highest BCUT2D eigenvalue weighted by atomic mass is 16.3. The molecule has 72 valence electrons. The van der Waals surface area contributed by atoms with E-state index in [0.717, 1.165) is 17.9 Å². The summed E-state index contributed by atoms with van der Waals surface area (Å²) in [6.07, 6.45) is 2.59. The summed E-state index contributed by atoms with van der Waals surface area (Å²) in [5.41, 5.74) is 0. The van der Waals surface area contributed by atoms with Gasteiger partial charge in [0.25, 0.3) is 0 Å². The second kappa shape index (κ2) is 5.08. The lowest BCUT2D eigenvalue weighted by Gasteiger charge is -1.88. The highest BCUT2D eigenvalue weighted by Crippen LogP contribution is 2.07. The van der Waals surface area contributed by atoms with E-state index < -0.39 is 0 Å². The van der Waals surface area contributed by atoms with Gasteiger partial charge in [-0.1, -0.05) is 12.5 Å². The topological polar surface area (TPSA) is 30.2 Å². The van der Waals surface area contributed by atoms with Crippen molar-refractivity contribution in [2.45, 2.75) is 19.8 Å². The number of furan rings is 1. The maximum Gasteiger partial charge on any atom is 0.228 e. The van der Waals surface area contributed by atoms with Gasteiger partial charge in [0.1, 0.15) is 11.5 Å². The quantitative estimate of drug-likeness (QED) is 0.414. The fraction of sp³-hybridized carbons (Fsp3) is 0.250. The number of ketones is 1. The summed E-state index contributed by atoms with van der Waals surface area (Å²) < 4.78 is 5.34. The van der Waals surface area contributed by atoms with E-state index >= 15 is 0 Å². The Morgan fingerprint density at radius 2 is 2.43 bits per heavy atom. The second-order valence-corrected chi connectivity index (χ2v) is 2.88. The standard InChI is InChI=1S/C12H12O2/c1-3-11(13)6-4-5-7-12-9-8-10(2)14-12/h3,8-9H,1,5,7H2,2H3. The van der Waals surface area contributed by atoms with E-state index in [9.17, 15) is 4.79 Å². The fourth-order valence-corrected chi connectivity index (χ4v) is 1.01. The third-order valence-electron chi connectivity index (χ3n) is 1.69. The Kier molecular flexibility index (Phi) is 3.75. The minimum Gasteiger partial charge on any atom is -0.466 e. The van der Waals surface area contributed by atoms with E-state index in [-0.39, 0.29) is 5.78 Å². The van der Waals surface area contributed by atoms with Crippen LogP contribution in [0.2, 0.25) is 0 Å². The van der Waals surface area contributed by atoms with E-state index in [1.54, 1.807) is 0 Å². The Bertz CT molecular complexity index is 388. The molecule has 0 unspecified atom stereocenters. The third kappa shape index (κ3) is 3.32. The van der Waals surface area contributed by atoms with Crippen molar-refractivity contribution in [2.75, 3.05) is 0 Å². The molecule has 1 rings (SSSR count). The van der Waals surface area contributed by atoms with Crippen molar-refractivity contribution in [2.24, 2.45) is 0 Å². The highest BCUT2D eigenvalue weighted by molar-refractivity contribution is 6.03. The van der Waals surface area contributed by atoms with E-state index in [4.69, 9.17) is 4.42 Å². The van der Waals surface area contributed by atoms with Crippen LogP contribution in [0.15, 0.2) is 29.2 Å². The maximum absolute atomic E-state index is 10.7. The van der Waals surface area contributed by atoms with Crippen molar-refractivity contribution in [3.63, 3.8) is 0 Å². The normalized spacial score (nSPS) is 8.93. The number of hydrogen-bond acceptors (Lipinski definition) is 2. The molecule has 2 heteroatoms. The van der Waals surface area contributed by atoms with Crippen LogP contribution in [0.4, 0.5) is 0 Å². The molecule has 0 aromatic carbocycles. The molecule has 0 atom stereocenters. The van der Waals surface area contributed by atoms with Crippen LogP contribution in [0.1, 0.15) is 17.9 Å². The van der Waals surface area contributed by atoms with Gasteiger partial charge >= 0.3 is 0 Å². The van der Waals surface area contributed by atoms with Crippen molar-refractivity contribution in [3.8, 4) is 11.8 Å². The van der Waals surface area contributed by atoms with Gasteiger partial charge < -0.3 is 4.42 Å². The molecule has 0 bridgehead atoms. The average Bonchev–Trinajstić information content (AvgIpc) is 2.58. The summed E-state index contributed by atoms with van der Waals surface area (Å²) in [7, 11) is 0. The van der Waals surface area contributed by atoms with Gasteiger partial charge in [0.05, 0.1) is 0 Å². The van der Waals surface area contributed by atoms with Gasteiger partial charge in [-0.3, -0.25) is 4.79 Å². The average molecular weight is 188 g/mol. The van der Waals surface area contributed by atoms with Crippen LogP contribution in [0, 0.1) is 18.8 Å². The Hall–Kier alpha value is -1.75.